The fraction of sp³-hybridized carbons (Fsp3) is 0.329. The van der Waals surface area contributed by atoms with Crippen molar-refractivity contribution in [2.75, 3.05) is 0 Å². The van der Waals surface area contributed by atoms with Gasteiger partial charge < -0.3 is 9.72 Å². The normalized spacial score (nSPS) is 13.2. The summed E-state index contributed by atoms with van der Waals surface area (Å²) in [4.78, 5) is 131. The first-order valence-electron chi connectivity index (χ1n) is 31.8. The zero-order valence-corrected chi connectivity index (χ0v) is 55.5. The smallest absolute Gasteiger partial charge is 0.419 e. The van der Waals surface area contributed by atoms with Crippen LogP contribution in [0.5, 0.6) is 0 Å². The van der Waals surface area contributed by atoms with Gasteiger partial charge in [0, 0.05) is 141 Å². The van der Waals surface area contributed by atoms with Gasteiger partial charge in [0.15, 0.2) is 0 Å². The molecule has 0 spiro atoms. The molecule has 0 fully saturated rings. The lowest BCUT2D eigenvalue weighted by Crippen LogP contribution is -2.36. The van der Waals surface area contributed by atoms with Gasteiger partial charge in [0.2, 0.25) is 0 Å². The van der Waals surface area contributed by atoms with Gasteiger partial charge in [-0.25, -0.2) is 9.36 Å². The van der Waals surface area contributed by atoms with Crippen LogP contribution >= 0.6 is 31.9 Å². The zero-order valence-electron chi connectivity index (χ0n) is 52.3. The van der Waals surface area contributed by atoms with E-state index in [1.54, 1.807) is 45.0 Å². The summed E-state index contributed by atoms with van der Waals surface area (Å²) >= 11 is 7.60. The van der Waals surface area contributed by atoms with Crippen molar-refractivity contribution in [1.29, 1.82) is 0 Å². The summed E-state index contributed by atoms with van der Waals surface area (Å²) in [7, 11) is 0. The van der Waals surface area contributed by atoms with E-state index in [-0.39, 0.29) is 57.5 Å². The molecule has 0 atom stereocenters. The molecule has 6 heterocycles. The Labute approximate surface area is 533 Å². The first kappa shape index (κ1) is 58.7. The Kier molecular flexibility index (Phi) is 13.0. The minimum absolute atomic E-state index is 0.183. The molecule has 6 aromatic heterocycles. The highest BCUT2D eigenvalue weighted by atomic mass is 79.9. The highest BCUT2D eigenvalue weighted by Crippen LogP contribution is 2.53. The van der Waals surface area contributed by atoms with E-state index in [0.717, 1.165) is 58.6 Å². The van der Waals surface area contributed by atoms with Crippen LogP contribution in [0.25, 0.3) is 151 Å². The van der Waals surface area contributed by atoms with Crippen LogP contribution < -0.4 is 44.5 Å². The van der Waals surface area contributed by atoms with Crippen molar-refractivity contribution >= 4 is 189 Å². The predicted molar refractivity (Wildman–Crippen MR) is 377 cm³/mol. The molecule has 91 heavy (non-hydrogen) atoms. The third kappa shape index (κ3) is 7.45. The molecule has 460 valence electrons. The van der Waals surface area contributed by atoms with Crippen LogP contribution in [0.4, 0.5) is 4.79 Å². The van der Waals surface area contributed by atoms with E-state index in [9.17, 15) is 43.2 Å². The Bertz CT molecular complexity index is 6290. The molecular formula is C73H64Br2N6O10. The molecule has 16 rings (SSSR count). The minimum atomic E-state index is -0.848. The molecular weight excluding hydrogens is 1280 g/mol. The summed E-state index contributed by atoms with van der Waals surface area (Å²) in [6.07, 6.45) is 4.48. The Balaban J connectivity index is 0.000000153. The fourth-order valence-electron chi connectivity index (χ4n) is 16.3. The van der Waals surface area contributed by atoms with Crippen molar-refractivity contribution in [2.45, 2.75) is 157 Å². The van der Waals surface area contributed by atoms with Crippen LogP contribution in [0.1, 0.15) is 152 Å². The van der Waals surface area contributed by atoms with Gasteiger partial charge in [0.25, 0.3) is 44.5 Å². The van der Waals surface area contributed by atoms with Gasteiger partial charge in [0.05, 0.1) is 32.6 Å². The largest absolute Gasteiger partial charge is 0.443 e. The molecule has 18 heteroatoms. The van der Waals surface area contributed by atoms with E-state index in [2.05, 4.69) is 36.8 Å². The van der Waals surface area contributed by atoms with E-state index >= 15 is 0 Å². The first-order chi connectivity index (χ1) is 43.6. The van der Waals surface area contributed by atoms with Crippen LogP contribution in [0.2, 0.25) is 0 Å². The van der Waals surface area contributed by atoms with Crippen molar-refractivity contribution in [3.8, 4) is 0 Å². The molecule has 0 bridgehead atoms. The summed E-state index contributed by atoms with van der Waals surface area (Å²) in [6, 6.07) is 17.3. The molecule has 0 aliphatic carbocycles. The van der Waals surface area contributed by atoms with Crippen LogP contribution in [-0.4, -0.2) is 39.5 Å². The topological polar surface area (TPSA) is 203 Å². The van der Waals surface area contributed by atoms with E-state index in [1.165, 1.54) is 22.8 Å². The van der Waals surface area contributed by atoms with E-state index in [0.29, 0.717) is 153 Å². The van der Waals surface area contributed by atoms with Gasteiger partial charge in [-0.05, 0) is 131 Å². The number of ether oxygens (including phenoxy) is 1. The second kappa shape index (κ2) is 20.2. The highest BCUT2D eigenvalue weighted by molar-refractivity contribution is 9.11. The Hall–Kier alpha value is -8.61. The summed E-state index contributed by atoms with van der Waals surface area (Å²) < 4.78 is 14.4. The highest BCUT2D eigenvalue weighted by Gasteiger charge is 2.35. The van der Waals surface area contributed by atoms with Gasteiger partial charge in [-0.3, -0.25) is 56.6 Å². The second-order valence-electron chi connectivity index (χ2n) is 26.0. The number of nitrogens with zero attached hydrogens (tertiary/aromatic N) is 5. The number of H-pyrrole nitrogens is 1. The van der Waals surface area contributed by atoms with Gasteiger partial charge in [0.1, 0.15) is 5.60 Å². The molecule has 1 N–H and O–H groups in total. The second-order valence-corrected chi connectivity index (χ2v) is 27.7. The number of fused-ring (bicyclic) bond motifs is 2. The first-order valence-corrected chi connectivity index (χ1v) is 33.4. The van der Waals surface area contributed by atoms with Gasteiger partial charge in [-0.15, -0.1) is 0 Å². The fourth-order valence-corrected chi connectivity index (χ4v) is 17.6. The number of nitrogens with one attached hydrogen (secondary N) is 1. The van der Waals surface area contributed by atoms with Crippen molar-refractivity contribution in [3.05, 3.63) is 152 Å². The maximum absolute atomic E-state index is 14.4. The van der Waals surface area contributed by atoms with Gasteiger partial charge in [-0.2, -0.15) is 0 Å². The summed E-state index contributed by atoms with van der Waals surface area (Å²) in [6.45, 7) is 21.2. The quantitative estimate of drug-likeness (QED) is 0.0905. The molecule has 0 radical (unpaired) electrons. The Morgan fingerprint density at radius 2 is 0.637 bits per heavy atom. The molecule has 0 saturated carbocycles. The lowest BCUT2D eigenvalue weighted by molar-refractivity contribution is 0.0551. The third-order valence-corrected chi connectivity index (χ3v) is 21.7. The van der Waals surface area contributed by atoms with Crippen LogP contribution in [0.3, 0.4) is 0 Å². The lowest BCUT2D eigenvalue weighted by Gasteiger charge is -2.21. The third-order valence-electron chi connectivity index (χ3n) is 20.4. The van der Waals surface area contributed by atoms with Gasteiger partial charge >= 0.3 is 6.09 Å². The minimum Gasteiger partial charge on any atom is -0.443 e. The maximum atomic E-state index is 14.4. The monoisotopic (exact) mass is 1340 g/mol. The average Bonchev–Trinajstić information content (AvgIpc) is 1.62. The molecule has 10 aromatic carbocycles. The molecule has 16 nitrogen and oxygen atoms in total. The van der Waals surface area contributed by atoms with Crippen molar-refractivity contribution < 1.29 is 9.53 Å². The van der Waals surface area contributed by atoms with E-state index < -0.39 is 22.8 Å². The average molecular weight is 1350 g/mol. The number of benzene rings is 10. The van der Waals surface area contributed by atoms with E-state index in [1.807, 2.05) is 91.8 Å². The number of rotatable bonds is 12. The van der Waals surface area contributed by atoms with Gasteiger partial charge in [-0.1, -0.05) is 99.4 Å². The lowest BCUT2D eigenvalue weighted by atomic mass is 9.86. The Morgan fingerprint density at radius 3 is 0.989 bits per heavy atom. The van der Waals surface area contributed by atoms with Crippen LogP contribution in [-0.2, 0) is 4.74 Å². The van der Waals surface area contributed by atoms with Crippen molar-refractivity contribution in [3.63, 3.8) is 0 Å². The number of aromatic nitrogens is 6. The predicted octanol–water partition coefficient (Wildman–Crippen LogP) is 16.0. The van der Waals surface area contributed by atoms with E-state index in [4.69, 9.17) is 4.74 Å². The molecule has 0 unspecified atom stereocenters. The number of halogens is 2. The SMILES string of the molecule is CCC(CC)n1c(=O)c2ccc3c4c(Br)cc5c(=O)n(C(CC)CC)c(=O)c6cc7[nH]c8cc(c1=O)c2c3c8c7c4c56.CCC(CC)n1c(=O)c2ccc3c4c(Br)cc5c(=O)n(C(CC)CC)c(=O)c6cc7c(c4c56)c4c3c2c(cc4n7C(=O)OC(C)(C)C)c1=O. The number of pyridine rings is 4. The zero-order chi connectivity index (χ0) is 64.4. The number of hydrogen-bond acceptors (Lipinski definition) is 10. The number of hydrogen-bond donors (Lipinski definition) is 1. The molecule has 0 aliphatic heterocycles. The Morgan fingerprint density at radius 1 is 0.363 bits per heavy atom. The molecule has 0 amide bonds. The summed E-state index contributed by atoms with van der Waals surface area (Å²) in [5, 5.41) is 15.5. The number of aromatic amines is 1. The van der Waals surface area contributed by atoms with Crippen LogP contribution in [0.15, 0.2) is 108 Å². The molecule has 0 saturated heterocycles. The molecule has 16 aromatic rings. The standard InChI is InChI=1S/C39H36BrN3O6.C34H28BrN3O4/c1-8-17(9-2)41-34(44)20-13-12-19-29-24(40)14-21-28-23(37(47)42(35(21)45)18(10-3)11-4)16-26-32(33(28)29)31-25(43(26)38(48)49-39(5,6)7)15-22(36(41)46)27(20)30(19)31;1-5-14(6-2)37-31(39)17-10-9-16-26-21(35)11-18-25-20(34(42)38(32(18)40)15(7-3)8-4)13-23-29(30(25)26)28-22(36-23)12-19(33(37)41)24(17)27(16)28/h12-18H,8-11H2,1-7H3;9-15,36H,5-8H2,1-4H3. The summed E-state index contributed by atoms with van der Waals surface area (Å²) in [5.74, 6) is 0. The van der Waals surface area contributed by atoms with Crippen molar-refractivity contribution in [1.82, 2.24) is 27.8 Å². The summed E-state index contributed by atoms with van der Waals surface area (Å²) in [5.41, 5.74) is -1.00. The number of carbonyl (C=O) groups excluding carboxylic acids is 1. The number of carbonyl (C=O) groups is 1. The molecule has 0 aliphatic rings. The maximum Gasteiger partial charge on any atom is 0.419 e. The van der Waals surface area contributed by atoms with Crippen LogP contribution in [0, 0.1) is 0 Å². The van der Waals surface area contributed by atoms with Crippen molar-refractivity contribution in [2.24, 2.45) is 0 Å².